The third-order valence-electron chi connectivity index (χ3n) is 1.82. The first-order valence-electron chi connectivity index (χ1n) is 3.38. The molecule has 1 rings (SSSR count). The highest BCUT2D eigenvalue weighted by Gasteiger charge is 2.39. The van der Waals surface area contributed by atoms with Gasteiger partial charge in [0.15, 0.2) is 6.10 Å². The van der Waals surface area contributed by atoms with Crippen LogP contribution in [0.1, 0.15) is 6.92 Å². The Morgan fingerprint density at radius 3 is 2.36 bits per heavy atom. The van der Waals surface area contributed by atoms with Crippen LogP contribution in [0.2, 0.25) is 0 Å². The molecule has 1 amide bonds. The first-order valence-corrected chi connectivity index (χ1v) is 3.38. The van der Waals surface area contributed by atoms with Crippen LogP contribution in [0, 0.1) is 0 Å². The van der Waals surface area contributed by atoms with E-state index in [-0.39, 0.29) is 0 Å². The molecule has 1 fully saturated rings. The molecule has 0 unspecified atom stereocenters. The van der Waals surface area contributed by atoms with Crippen molar-refractivity contribution in [1.82, 2.24) is 5.32 Å². The largest absolute Gasteiger partial charge is 0.388 e. The summed E-state index contributed by atoms with van der Waals surface area (Å²) in [4.78, 5) is 10.7. The standard InChI is InChI=1S/C6H11NO4/c1-2-3(8)4(9)5(10)6(11)7-2/h2-5,8-10H,1H3,(H,7,11)/t2-,3-,4+,5+/m1/s1. The van der Waals surface area contributed by atoms with Crippen molar-refractivity contribution in [3.63, 3.8) is 0 Å². The van der Waals surface area contributed by atoms with Crippen LogP contribution in [0.25, 0.3) is 0 Å². The lowest BCUT2D eigenvalue weighted by Gasteiger charge is -2.33. The monoisotopic (exact) mass is 161 g/mol. The number of aliphatic hydroxyl groups is 3. The van der Waals surface area contributed by atoms with Gasteiger partial charge in [0.1, 0.15) is 12.2 Å². The first-order chi connectivity index (χ1) is 5.04. The third kappa shape index (κ3) is 1.35. The summed E-state index contributed by atoms with van der Waals surface area (Å²) in [5, 5.41) is 29.4. The topological polar surface area (TPSA) is 89.8 Å². The average Bonchev–Trinajstić information content (AvgIpc) is 1.97. The Bertz CT molecular complexity index is 172. The molecule has 11 heavy (non-hydrogen) atoms. The Morgan fingerprint density at radius 2 is 1.82 bits per heavy atom. The second kappa shape index (κ2) is 2.77. The lowest BCUT2D eigenvalue weighted by atomic mass is 9.97. The van der Waals surface area contributed by atoms with E-state index < -0.39 is 30.3 Å². The maximum Gasteiger partial charge on any atom is 0.251 e. The second-order valence-corrected chi connectivity index (χ2v) is 2.72. The molecule has 64 valence electrons. The second-order valence-electron chi connectivity index (χ2n) is 2.72. The van der Waals surface area contributed by atoms with E-state index in [1.54, 1.807) is 6.92 Å². The summed E-state index contributed by atoms with van der Waals surface area (Å²) in [6.07, 6.45) is -3.98. The minimum Gasteiger partial charge on any atom is -0.388 e. The van der Waals surface area contributed by atoms with Gasteiger partial charge in [-0.05, 0) is 6.92 Å². The summed E-state index contributed by atoms with van der Waals surface area (Å²) in [6, 6.07) is -0.513. The molecule has 0 aromatic rings. The van der Waals surface area contributed by atoms with Crippen molar-refractivity contribution in [3.8, 4) is 0 Å². The predicted octanol–water partition coefficient (Wildman–Crippen LogP) is -2.41. The zero-order valence-electron chi connectivity index (χ0n) is 6.06. The summed E-state index contributed by atoms with van der Waals surface area (Å²) < 4.78 is 0. The molecule has 1 saturated heterocycles. The minimum atomic E-state index is -1.51. The van der Waals surface area contributed by atoms with Gasteiger partial charge in [0.2, 0.25) is 0 Å². The Balaban J connectivity index is 2.70. The predicted molar refractivity (Wildman–Crippen MR) is 35.6 cm³/mol. The van der Waals surface area contributed by atoms with E-state index in [1.807, 2.05) is 0 Å². The van der Waals surface area contributed by atoms with Crippen molar-refractivity contribution in [2.45, 2.75) is 31.3 Å². The number of rotatable bonds is 0. The lowest BCUT2D eigenvalue weighted by molar-refractivity contribution is -0.152. The van der Waals surface area contributed by atoms with Gasteiger partial charge in [-0.15, -0.1) is 0 Å². The molecule has 5 heteroatoms. The van der Waals surface area contributed by atoms with Gasteiger partial charge in [0.05, 0.1) is 6.04 Å². The van der Waals surface area contributed by atoms with Crippen LogP contribution < -0.4 is 5.32 Å². The van der Waals surface area contributed by atoms with Gasteiger partial charge < -0.3 is 20.6 Å². The molecular formula is C6H11NO4. The Kier molecular flexibility index (Phi) is 2.12. The van der Waals surface area contributed by atoms with Crippen LogP contribution >= 0.6 is 0 Å². The molecule has 5 nitrogen and oxygen atoms in total. The third-order valence-corrected chi connectivity index (χ3v) is 1.82. The molecular weight excluding hydrogens is 150 g/mol. The molecule has 0 radical (unpaired) electrons. The Labute approximate surface area is 63.7 Å². The smallest absolute Gasteiger partial charge is 0.251 e. The SMILES string of the molecule is C[C@H]1NC(=O)[C@@H](O)[C@@H](O)[C@@H]1O. The first kappa shape index (κ1) is 8.45. The van der Waals surface area contributed by atoms with Gasteiger partial charge in [-0.3, -0.25) is 4.79 Å². The zero-order chi connectivity index (χ0) is 8.59. The highest BCUT2D eigenvalue weighted by molar-refractivity contribution is 5.82. The maximum atomic E-state index is 10.7. The number of carbonyl (C=O) groups excluding carboxylic acids is 1. The number of nitrogens with one attached hydrogen (secondary N) is 1. The molecule has 4 atom stereocenters. The van der Waals surface area contributed by atoms with Gasteiger partial charge >= 0.3 is 0 Å². The molecule has 0 saturated carbocycles. The van der Waals surface area contributed by atoms with Gasteiger partial charge in [0, 0.05) is 0 Å². The van der Waals surface area contributed by atoms with Crippen molar-refractivity contribution >= 4 is 5.91 Å². The van der Waals surface area contributed by atoms with Gasteiger partial charge in [0.25, 0.3) is 5.91 Å². The van der Waals surface area contributed by atoms with Crippen LogP contribution in [0.3, 0.4) is 0 Å². The summed E-state index contributed by atoms with van der Waals surface area (Å²) in [5.74, 6) is -0.643. The van der Waals surface area contributed by atoms with E-state index in [1.165, 1.54) is 0 Å². The van der Waals surface area contributed by atoms with Crippen molar-refractivity contribution in [1.29, 1.82) is 0 Å². The lowest BCUT2D eigenvalue weighted by Crippen LogP contribution is -2.61. The molecule has 1 aliphatic rings. The van der Waals surface area contributed by atoms with E-state index in [0.717, 1.165) is 0 Å². The fourth-order valence-electron chi connectivity index (χ4n) is 1.03. The van der Waals surface area contributed by atoms with Crippen molar-refractivity contribution in [3.05, 3.63) is 0 Å². The number of carbonyl (C=O) groups is 1. The van der Waals surface area contributed by atoms with E-state index in [0.29, 0.717) is 0 Å². The molecule has 1 aliphatic heterocycles. The normalized spacial score (nSPS) is 45.3. The summed E-state index contributed by atoms with van der Waals surface area (Å²) in [7, 11) is 0. The van der Waals surface area contributed by atoms with Crippen molar-refractivity contribution in [2.24, 2.45) is 0 Å². The number of hydrogen-bond donors (Lipinski definition) is 4. The minimum absolute atomic E-state index is 0.513. The highest BCUT2D eigenvalue weighted by atomic mass is 16.4. The number of amides is 1. The molecule has 1 heterocycles. The average molecular weight is 161 g/mol. The van der Waals surface area contributed by atoms with Crippen LogP contribution in [0.5, 0.6) is 0 Å². The molecule has 0 aliphatic carbocycles. The summed E-state index contributed by atoms with van der Waals surface area (Å²) >= 11 is 0. The van der Waals surface area contributed by atoms with E-state index in [4.69, 9.17) is 15.3 Å². The summed E-state index contributed by atoms with van der Waals surface area (Å²) in [6.45, 7) is 1.55. The van der Waals surface area contributed by atoms with Gasteiger partial charge in [-0.2, -0.15) is 0 Å². The van der Waals surface area contributed by atoms with E-state index >= 15 is 0 Å². The van der Waals surface area contributed by atoms with E-state index in [2.05, 4.69) is 5.32 Å². The number of piperidine rings is 1. The Morgan fingerprint density at radius 1 is 1.27 bits per heavy atom. The van der Waals surface area contributed by atoms with Crippen LogP contribution in [-0.2, 0) is 4.79 Å². The van der Waals surface area contributed by atoms with Crippen LogP contribution in [0.4, 0.5) is 0 Å². The van der Waals surface area contributed by atoms with Crippen molar-refractivity contribution in [2.75, 3.05) is 0 Å². The fourth-order valence-corrected chi connectivity index (χ4v) is 1.03. The maximum absolute atomic E-state index is 10.7. The van der Waals surface area contributed by atoms with Gasteiger partial charge in [-0.25, -0.2) is 0 Å². The zero-order valence-corrected chi connectivity index (χ0v) is 6.06. The van der Waals surface area contributed by atoms with Crippen molar-refractivity contribution < 1.29 is 20.1 Å². The van der Waals surface area contributed by atoms with Gasteiger partial charge in [-0.1, -0.05) is 0 Å². The Hall–Kier alpha value is -0.650. The molecule has 0 aromatic carbocycles. The molecule has 4 N–H and O–H groups in total. The van der Waals surface area contributed by atoms with Crippen LogP contribution in [-0.4, -0.2) is 45.6 Å². The molecule has 0 bridgehead atoms. The fraction of sp³-hybridized carbons (Fsp3) is 0.833. The highest BCUT2D eigenvalue weighted by Crippen LogP contribution is 2.10. The number of hydrogen-bond acceptors (Lipinski definition) is 4. The molecule has 0 spiro atoms. The molecule has 0 aromatic heterocycles. The quantitative estimate of drug-likeness (QED) is 0.318. The summed E-state index contributed by atoms with van der Waals surface area (Å²) in [5.41, 5.74) is 0. The van der Waals surface area contributed by atoms with E-state index in [9.17, 15) is 4.79 Å². The number of aliphatic hydroxyl groups excluding tert-OH is 3. The van der Waals surface area contributed by atoms with Crippen LogP contribution in [0.15, 0.2) is 0 Å².